The van der Waals surface area contributed by atoms with Crippen molar-refractivity contribution in [3.05, 3.63) is 35.7 Å². The van der Waals surface area contributed by atoms with E-state index in [2.05, 4.69) is 10.3 Å². The summed E-state index contributed by atoms with van der Waals surface area (Å²) in [5.41, 5.74) is 1.30. The highest BCUT2D eigenvalue weighted by Crippen LogP contribution is 2.27. The normalized spacial score (nSPS) is 17.0. The number of nitrogens with zero attached hydrogens (tertiary/aromatic N) is 5. The van der Waals surface area contributed by atoms with Gasteiger partial charge < -0.3 is 19.3 Å². The molecular formula is C19H23N5O4. The van der Waals surface area contributed by atoms with Crippen LogP contribution >= 0.6 is 0 Å². The molecule has 0 bridgehead atoms. The Kier molecular flexibility index (Phi) is 4.89. The van der Waals surface area contributed by atoms with Gasteiger partial charge in [-0.3, -0.25) is 9.59 Å². The van der Waals surface area contributed by atoms with Crippen LogP contribution in [-0.2, 0) is 11.3 Å². The van der Waals surface area contributed by atoms with Crippen LogP contribution in [-0.4, -0.2) is 70.5 Å². The molecule has 3 heterocycles. The fourth-order valence-electron chi connectivity index (χ4n) is 3.53. The maximum Gasteiger partial charge on any atom is 0.254 e. The quantitative estimate of drug-likeness (QED) is 0.740. The first-order valence-corrected chi connectivity index (χ1v) is 9.28. The van der Waals surface area contributed by atoms with Crippen molar-refractivity contribution < 1.29 is 19.1 Å². The van der Waals surface area contributed by atoms with E-state index in [0.29, 0.717) is 43.1 Å². The Balaban J connectivity index is 1.37. The lowest BCUT2D eigenvalue weighted by Crippen LogP contribution is -2.50. The molecular weight excluding hydrogens is 362 g/mol. The molecule has 4 rings (SSSR count). The zero-order valence-corrected chi connectivity index (χ0v) is 16.0. The molecule has 9 nitrogen and oxygen atoms in total. The molecule has 2 fully saturated rings. The molecule has 0 atom stereocenters. The number of amides is 2. The standard InChI is InChI=1S/C19H23N5O4/c1-27-16-6-13(7-17(8-16)28-2)19(26)23-11-15(12-23)24-10-14(20-21-24)9-22-5-3-4-18(22)25/h6-8,10,15H,3-5,9,11-12H2,1-2H3. The first kappa shape index (κ1) is 18.3. The van der Waals surface area contributed by atoms with Crippen LogP contribution in [0.15, 0.2) is 24.4 Å². The Hall–Kier alpha value is -3.10. The Morgan fingerprint density at radius 2 is 1.89 bits per heavy atom. The Morgan fingerprint density at radius 3 is 2.50 bits per heavy atom. The van der Waals surface area contributed by atoms with Gasteiger partial charge in [0.25, 0.3) is 5.91 Å². The SMILES string of the molecule is COc1cc(OC)cc(C(=O)N2CC(n3cc(CN4CCCC4=O)nn3)C2)c1. The fraction of sp³-hybridized carbons (Fsp3) is 0.474. The predicted octanol–water partition coefficient (Wildman–Crippen LogP) is 1.11. The van der Waals surface area contributed by atoms with E-state index in [1.807, 2.05) is 6.20 Å². The number of aromatic nitrogens is 3. The molecule has 0 spiro atoms. The minimum absolute atomic E-state index is 0.0727. The van der Waals surface area contributed by atoms with Crippen LogP contribution in [0.5, 0.6) is 11.5 Å². The number of carbonyl (C=O) groups excluding carboxylic acids is 2. The lowest BCUT2D eigenvalue weighted by molar-refractivity contribution is -0.128. The van der Waals surface area contributed by atoms with Gasteiger partial charge in [-0.15, -0.1) is 5.10 Å². The van der Waals surface area contributed by atoms with E-state index in [4.69, 9.17) is 9.47 Å². The number of carbonyl (C=O) groups is 2. The number of rotatable bonds is 6. The van der Waals surface area contributed by atoms with Crippen LogP contribution in [0.1, 0.15) is 34.9 Å². The van der Waals surface area contributed by atoms with Gasteiger partial charge in [-0.2, -0.15) is 0 Å². The molecule has 2 aliphatic heterocycles. The van der Waals surface area contributed by atoms with Crippen molar-refractivity contribution in [3.8, 4) is 11.5 Å². The Bertz CT molecular complexity index is 868. The summed E-state index contributed by atoms with van der Waals surface area (Å²) in [4.78, 5) is 28.0. The van der Waals surface area contributed by atoms with E-state index in [0.717, 1.165) is 18.7 Å². The second-order valence-corrected chi connectivity index (χ2v) is 7.07. The van der Waals surface area contributed by atoms with Gasteiger partial charge in [-0.05, 0) is 18.6 Å². The lowest BCUT2D eigenvalue weighted by atomic mass is 10.1. The minimum atomic E-state index is -0.0727. The third-order valence-corrected chi connectivity index (χ3v) is 5.20. The molecule has 9 heteroatoms. The summed E-state index contributed by atoms with van der Waals surface area (Å²) in [5, 5.41) is 8.35. The fourth-order valence-corrected chi connectivity index (χ4v) is 3.53. The number of hydrogen-bond acceptors (Lipinski definition) is 6. The molecule has 0 N–H and O–H groups in total. The van der Waals surface area contributed by atoms with E-state index < -0.39 is 0 Å². The molecule has 2 amide bonds. The zero-order valence-electron chi connectivity index (χ0n) is 16.0. The summed E-state index contributed by atoms with van der Waals surface area (Å²) in [6.45, 7) is 2.40. The van der Waals surface area contributed by atoms with Crippen LogP contribution in [0.25, 0.3) is 0 Å². The largest absolute Gasteiger partial charge is 0.497 e. The van der Waals surface area contributed by atoms with Gasteiger partial charge in [-0.25, -0.2) is 4.68 Å². The van der Waals surface area contributed by atoms with Gasteiger partial charge in [0.2, 0.25) is 5.91 Å². The maximum absolute atomic E-state index is 12.7. The van der Waals surface area contributed by atoms with Gasteiger partial charge in [0.15, 0.2) is 0 Å². The molecule has 0 unspecified atom stereocenters. The van der Waals surface area contributed by atoms with Gasteiger partial charge in [0, 0.05) is 37.7 Å². The molecule has 0 aliphatic carbocycles. The van der Waals surface area contributed by atoms with Crippen LogP contribution < -0.4 is 9.47 Å². The highest BCUT2D eigenvalue weighted by Gasteiger charge is 2.34. The zero-order chi connectivity index (χ0) is 19.7. The molecule has 1 aromatic carbocycles. The average molecular weight is 385 g/mol. The molecule has 2 aromatic rings. The van der Waals surface area contributed by atoms with Crippen LogP contribution in [0.3, 0.4) is 0 Å². The number of hydrogen-bond donors (Lipinski definition) is 0. The Morgan fingerprint density at radius 1 is 1.18 bits per heavy atom. The summed E-state index contributed by atoms with van der Waals surface area (Å²) in [6.07, 6.45) is 3.39. The minimum Gasteiger partial charge on any atom is -0.497 e. The van der Waals surface area contributed by atoms with Crippen molar-refractivity contribution >= 4 is 11.8 Å². The maximum atomic E-state index is 12.7. The van der Waals surface area contributed by atoms with Crippen molar-refractivity contribution in [2.45, 2.75) is 25.4 Å². The topological polar surface area (TPSA) is 89.8 Å². The summed E-state index contributed by atoms with van der Waals surface area (Å²) in [6, 6.07) is 5.24. The lowest BCUT2D eigenvalue weighted by Gasteiger charge is -2.38. The summed E-state index contributed by atoms with van der Waals surface area (Å²) in [7, 11) is 3.11. The first-order valence-electron chi connectivity index (χ1n) is 9.28. The van der Waals surface area contributed by atoms with E-state index in [1.54, 1.807) is 46.9 Å². The molecule has 148 valence electrons. The number of methoxy groups -OCH3 is 2. The smallest absolute Gasteiger partial charge is 0.254 e. The molecule has 28 heavy (non-hydrogen) atoms. The van der Waals surface area contributed by atoms with E-state index in [-0.39, 0.29) is 17.9 Å². The second kappa shape index (κ2) is 7.49. The highest BCUT2D eigenvalue weighted by atomic mass is 16.5. The van der Waals surface area contributed by atoms with Crippen LogP contribution in [0.4, 0.5) is 0 Å². The van der Waals surface area contributed by atoms with Gasteiger partial charge in [-0.1, -0.05) is 5.21 Å². The van der Waals surface area contributed by atoms with E-state index in [1.165, 1.54) is 0 Å². The van der Waals surface area contributed by atoms with Crippen molar-refractivity contribution in [2.75, 3.05) is 33.9 Å². The van der Waals surface area contributed by atoms with Crippen LogP contribution in [0.2, 0.25) is 0 Å². The van der Waals surface area contributed by atoms with Crippen molar-refractivity contribution in [1.82, 2.24) is 24.8 Å². The predicted molar refractivity (Wildman–Crippen MR) is 99.2 cm³/mol. The molecule has 0 radical (unpaired) electrons. The summed E-state index contributed by atoms with van der Waals surface area (Å²) >= 11 is 0. The number of benzene rings is 1. The van der Waals surface area contributed by atoms with Gasteiger partial charge >= 0.3 is 0 Å². The Labute approximate surface area is 162 Å². The van der Waals surface area contributed by atoms with E-state index >= 15 is 0 Å². The molecule has 0 saturated carbocycles. The van der Waals surface area contributed by atoms with Crippen molar-refractivity contribution in [3.63, 3.8) is 0 Å². The van der Waals surface area contributed by atoms with Crippen molar-refractivity contribution in [2.24, 2.45) is 0 Å². The summed E-state index contributed by atoms with van der Waals surface area (Å²) < 4.78 is 12.2. The number of ether oxygens (including phenoxy) is 2. The molecule has 2 aliphatic rings. The van der Waals surface area contributed by atoms with Gasteiger partial charge in [0.1, 0.15) is 17.2 Å². The monoisotopic (exact) mass is 385 g/mol. The molecule has 2 saturated heterocycles. The summed E-state index contributed by atoms with van der Waals surface area (Å²) in [5.74, 6) is 1.26. The second-order valence-electron chi connectivity index (χ2n) is 7.07. The first-order chi connectivity index (χ1) is 13.6. The highest BCUT2D eigenvalue weighted by molar-refractivity contribution is 5.95. The average Bonchev–Trinajstić information content (AvgIpc) is 3.29. The van der Waals surface area contributed by atoms with Gasteiger partial charge in [0.05, 0.1) is 33.0 Å². The van der Waals surface area contributed by atoms with Crippen LogP contribution in [0, 0.1) is 0 Å². The van der Waals surface area contributed by atoms with Crippen molar-refractivity contribution in [1.29, 1.82) is 0 Å². The third kappa shape index (κ3) is 3.51. The van der Waals surface area contributed by atoms with E-state index in [9.17, 15) is 9.59 Å². The molecule has 1 aromatic heterocycles. The number of likely N-dealkylation sites (tertiary alicyclic amines) is 2. The third-order valence-electron chi connectivity index (χ3n) is 5.20.